The summed E-state index contributed by atoms with van der Waals surface area (Å²) < 4.78 is 1.67. The summed E-state index contributed by atoms with van der Waals surface area (Å²) in [6.07, 6.45) is 1.92. The summed E-state index contributed by atoms with van der Waals surface area (Å²) in [6, 6.07) is 15.5. The lowest BCUT2D eigenvalue weighted by atomic mass is 9.97. The van der Waals surface area contributed by atoms with E-state index in [1.165, 1.54) is 11.3 Å². The standard InChI is InChI=1S/C30H40N6O/c1-22(2)29-27(25-19-23(3)30(37)33(4)21-25)9-10-28(32-29)36-17-15-34(16-18-36)20-24-5-7-26(8-6-24)35-13-11-31-12-14-35/h5-10,19,21-22,31H,11-18,20H2,1-4H3. The van der Waals surface area contributed by atoms with Crippen LogP contribution in [-0.2, 0) is 13.6 Å². The van der Waals surface area contributed by atoms with Gasteiger partial charge < -0.3 is 19.7 Å². The third-order valence-electron chi connectivity index (χ3n) is 7.65. The number of aromatic nitrogens is 2. The number of piperazine rings is 2. The molecule has 7 nitrogen and oxygen atoms in total. The minimum absolute atomic E-state index is 0.0489. The van der Waals surface area contributed by atoms with Crippen LogP contribution in [0.5, 0.6) is 0 Å². The third kappa shape index (κ3) is 5.73. The van der Waals surface area contributed by atoms with Crippen molar-refractivity contribution in [3.63, 3.8) is 0 Å². The number of anilines is 2. The molecular formula is C30H40N6O. The summed E-state index contributed by atoms with van der Waals surface area (Å²) in [5.41, 5.74) is 6.77. The van der Waals surface area contributed by atoms with Crippen LogP contribution in [0.3, 0.4) is 0 Å². The second-order valence-electron chi connectivity index (χ2n) is 10.8. The molecule has 1 N–H and O–H groups in total. The summed E-state index contributed by atoms with van der Waals surface area (Å²) in [4.78, 5) is 24.7. The van der Waals surface area contributed by atoms with Gasteiger partial charge >= 0.3 is 0 Å². The fourth-order valence-electron chi connectivity index (χ4n) is 5.48. The van der Waals surface area contributed by atoms with Crippen LogP contribution in [0.4, 0.5) is 11.5 Å². The maximum Gasteiger partial charge on any atom is 0.253 e. The van der Waals surface area contributed by atoms with Crippen LogP contribution in [0.1, 0.15) is 36.6 Å². The Morgan fingerprint density at radius 1 is 0.919 bits per heavy atom. The van der Waals surface area contributed by atoms with Crippen molar-refractivity contribution in [2.75, 3.05) is 62.2 Å². The van der Waals surface area contributed by atoms with Crippen LogP contribution in [0.25, 0.3) is 11.1 Å². The Morgan fingerprint density at radius 2 is 1.62 bits per heavy atom. The van der Waals surface area contributed by atoms with Gasteiger partial charge in [-0.25, -0.2) is 4.98 Å². The zero-order valence-corrected chi connectivity index (χ0v) is 22.7. The van der Waals surface area contributed by atoms with Crippen molar-refractivity contribution < 1.29 is 0 Å². The number of aryl methyl sites for hydroxylation is 2. The number of rotatable bonds is 6. The average Bonchev–Trinajstić information content (AvgIpc) is 2.92. The lowest BCUT2D eigenvalue weighted by Gasteiger charge is -2.36. The lowest BCUT2D eigenvalue weighted by molar-refractivity contribution is 0.249. The van der Waals surface area contributed by atoms with Gasteiger partial charge in [0.2, 0.25) is 0 Å². The highest BCUT2D eigenvalue weighted by Crippen LogP contribution is 2.30. The van der Waals surface area contributed by atoms with E-state index >= 15 is 0 Å². The van der Waals surface area contributed by atoms with Gasteiger partial charge in [0.25, 0.3) is 5.56 Å². The van der Waals surface area contributed by atoms with Gasteiger partial charge in [-0.2, -0.15) is 0 Å². The summed E-state index contributed by atoms with van der Waals surface area (Å²) in [5.74, 6) is 1.34. The molecule has 7 heteroatoms. The van der Waals surface area contributed by atoms with Crippen molar-refractivity contribution in [1.82, 2.24) is 19.8 Å². The zero-order valence-electron chi connectivity index (χ0n) is 22.7. The second kappa shape index (κ2) is 11.1. The smallest absolute Gasteiger partial charge is 0.253 e. The first kappa shape index (κ1) is 25.5. The minimum atomic E-state index is 0.0489. The molecule has 0 saturated carbocycles. The first-order valence-corrected chi connectivity index (χ1v) is 13.6. The predicted octanol–water partition coefficient (Wildman–Crippen LogP) is 3.61. The fraction of sp³-hybridized carbons (Fsp3) is 0.467. The minimum Gasteiger partial charge on any atom is -0.369 e. The van der Waals surface area contributed by atoms with Crippen LogP contribution in [0.15, 0.2) is 53.5 Å². The number of pyridine rings is 2. The summed E-state index contributed by atoms with van der Waals surface area (Å²) in [6.45, 7) is 15.5. The molecule has 0 radical (unpaired) electrons. The van der Waals surface area contributed by atoms with Gasteiger partial charge in [-0.3, -0.25) is 9.69 Å². The van der Waals surface area contributed by atoms with E-state index in [1.807, 2.05) is 26.2 Å². The maximum absolute atomic E-state index is 12.2. The first-order valence-electron chi connectivity index (χ1n) is 13.6. The van der Waals surface area contributed by atoms with E-state index in [9.17, 15) is 4.79 Å². The molecule has 4 heterocycles. The molecule has 0 amide bonds. The summed E-state index contributed by atoms with van der Waals surface area (Å²) in [7, 11) is 1.82. The van der Waals surface area contributed by atoms with Crippen LogP contribution in [0.2, 0.25) is 0 Å². The monoisotopic (exact) mass is 500 g/mol. The van der Waals surface area contributed by atoms with E-state index in [2.05, 4.69) is 70.3 Å². The predicted molar refractivity (Wildman–Crippen MR) is 153 cm³/mol. The molecule has 2 saturated heterocycles. The highest BCUT2D eigenvalue weighted by molar-refractivity contribution is 5.68. The molecule has 5 rings (SSSR count). The fourth-order valence-corrected chi connectivity index (χ4v) is 5.48. The van der Waals surface area contributed by atoms with Gasteiger partial charge in [0.15, 0.2) is 0 Å². The zero-order chi connectivity index (χ0) is 25.9. The quantitative estimate of drug-likeness (QED) is 0.558. The Hall–Kier alpha value is -3.16. The van der Waals surface area contributed by atoms with Crippen molar-refractivity contribution >= 4 is 11.5 Å². The molecular weight excluding hydrogens is 460 g/mol. The van der Waals surface area contributed by atoms with Gasteiger partial charge in [0.05, 0.1) is 5.69 Å². The largest absolute Gasteiger partial charge is 0.369 e. The molecule has 2 aromatic heterocycles. The number of nitrogens with one attached hydrogen (secondary N) is 1. The van der Waals surface area contributed by atoms with Crippen molar-refractivity contribution in [1.29, 1.82) is 0 Å². The second-order valence-corrected chi connectivity index (χ2v) is 10.8. The van der Waals surface area contributed by atoms with Gasteiger partial charge in [0.1, 0.15) is 5.82 Å². The van der Waals surface area contributed by atoms with Crippen LogP contribution in [-0.4, -0.2) is 66.8 Å². The molecule has 2 aliphatic rings. The number of benzene rings is 1. The Labute approximate surface area is 220 Å². The van der Waals surface area contributed by atoms with E-state index in [0.717, 1.165) is 87.1 Å². The molecule has 0 unspecified atom stereocenters. The SMILES string of the molecule is Cc1cc(-c2ccc(N3CCN(Cc4ccc(N5CCNCC5)cc4)CC3)nc2C(C)C)cn(C)c1=O. The van der Waals surface area contributed by atoms with Crippen LogP contribution < -0.4 is 20.7 Å². The molecule has 0 spiro atoms. The number of hydrogen-bond acceptors (Lipinski definition) is 6. The van der Waals surface area contributed by atoms with Crippen LogP contribution in [0, 0.1) is 6.92 Å². The van der Waals surface area contributed by atoms with E-state index < -0.39 is 0 Å². The molecule has 0 bridgehead atoms. The molecule has 0 atom stereocenters. The Bertz CT molecular complexity index is 1240. The van der Waals surface area contributed by atoms with Crippen molar-refractivity contribution in [2.45, 2.75) is 33.2 Å². The van der Waals surface area contributed by atoms with Crippen LogP contribution >= 0.6 is 0 Å². The van der Waals surface area contributed by atoms with Gasteiger partial charge in [-0.15, -0.1) is 0 Å². The molecule has 2 aliphatic heterocycles. The van der Waals surface area contributed by atoms with Gasteiger partial charge in [-0.1, -0.05) is 26.0 Å². The summed E-state index contributed by atoms with van der Waals surface area (Å²) >= 11 is 0. The molecule has 1 aromatic carbocycles. The van der Waals surface area contributed by atoms with E-state index in [-0.39, 0.29) is 11.5 Å². The van der Waals surface area contributed by atoms with Crippen molar-refractivity contribution in [3.8, 4) is 11.1 Å². The number of nitrogens with zero attached hydrogens (tertiary/aromatic N) is 5. The Kier molecular flexibility index (Phi) is 7.63. The highest BCUT2D eigenvalue weighted by Gasteiger charge is 2.21. The van der Waals surface area contributed by atoms with E-state index in [4.69, 9.17) is 4.98 Å². The Balaban J connectivity index is 1.23. The first-order chi connectivity index (χ1) is 17.9. The molecule has 0 aliphatic carbocycles. The van der Waals surface area contributed by atoms with E-state index in [0.29, 0.717) is 0 Å². The Morgan fingerprint density at radius 3 is 2.27 bits per heavy atom. The normalized spacial score (nSPS) is 17.0. The summed E-state index contributed by atoms with van der Waals surface area (Å²) in [5, 5.41) is 3.42. The molecule has 3 aromatic rings. The van der Waals surface area contributed by atoms with Gasteiger partial charge in [-0.05, 0) is 48.7 Å². The van der Waals surface area contributed by atoms with Crippen molar-refractivity contribution in [2.24, 2.45) is 7.05 Å². The van der Waals surface area contributed by atoms with E-state index in [1.54, 1.807) is 4.57 Å². The van der Waals surface area contributed by atoms with Crippen molar-refractivity contribution in [3.05, 3.63) is 75.8 Å². The molecule has 2 fully saturated rings. The topological polar surface area (TPSA) is 56.6 Å². The maximum atomic E-state index is 12.2. The number of hydrogen-bond donors (Lipinski definition) is 1. The highest BCUT2D eigenvalue weighted by atomic mass is 16.1. The van der Waals surface area contributed by atoms with Gasteiger partial charge in [0, 0.05) is 94.5 Å². The molecule has 196 valence electrons. The third-order valence-corrected chi connectivity index (χ3v) is 7.65. The molecule has 37 heavy (non-hydrogen) atoms. The lowest BCUT2D eigenvalue weighted by Crippen LogP contribution is -2.46. The average molecular weight is 501 g/mol.